The number of rotatable bonds is 17. The molecule has 0 saturated heterocycles. The van der Waals surface area contributed by atoms with Crippen molar-refractivity contribution < 1.29 is 0 Å². The Hall–Kier alpha value is 1.40. The van der Waals surface area contributed by atoms with E-state index in [1.54, 1.807) is 0 Å². The molecule has 0 bridgehead atoms. The van der Waals surface area contributed by atoms with Gasteiger partial charge in [0.05, 0.1) is 0 Å². The lowest BCUT2D eigenvalue weighted by Gasteiger charge is -2.18. The van der Waals surface area contributed by atoms with Gasteiger partial charge in [-0.25, -0.2) is 0 Å². The lowest BCUT2D eigenvalue weighted by molar-refractivity contribution is 0.548. The van der Waals surface area contributed by atoms with Gasteiger partial charge in [-0.15, -0.1) is 0 Å². The lowest BCUT2D eigenvalue weighted by Crippen LogP contribution is -2.15. The molecule has 22 heavy (non-hydrogen) atoms. The van der Waals surface area contributed by atoms with E-state index >= 15 is 0 Å². The van der Waals surface area contributed by atoms with Crippen molar-refractivity contribution in [1.29, 1.82) is 0 Å². The van der Waals surface area contributed by atoms with E-state index < -0.39 is 0 Å². The largest absolute Gasteiger partial charge is 0.179 e. The molecule has 0 N–H and O–H groups in total. The minimum atomic E-state index is 0.477. The highest BCUT2D eigenvalue weighted by atomic mass is 32.1. The van der Waals surface area contributed by atoms with Gasteiger partial charge in [0, 0.05) is 10.5 Å². The summed E-state index contributed by atoms with van der Waals surface area (Å²) in [5.41, 5.74) is 0. The Labute approximate surface area is 162 Å². The first-order chi connectivity index (χ1) is 10.7. The lowest BCUT2D eigenvalue weighted by atomic mass is 10.0. The van der Waals surface area contributed by atoms with E-state index in [2.05, 4.69) is 25.3 Å². The Morgan fingerprint density at radius 2 is 0.682 bits per heavy atom. The summed E-state index contributed by atoms with van der Waals surface area (Å²) in [6.07, 6.45) is 18.5. The second-order valence-corrected chi connectivity index (χ2v) is 8.62. The van der Waals surface area contributed by atoms with Gasteiger partial charge in [0.25, 0.3) is 0 Å². The van der Waals surface area contributed by atoms with E-state index in [9.17, 15) is 0 Å². The van der Waals surface area contributed by atoms with Crippen LogP contribution in [0.2, 0.25) is 0 Å². The van der Waals surface area contributed by atoms with Crippen LogP contribution in [0.1, 0.15) is 89.9 Å². The minimum absolute atomic E-state index is 0.477. The van der Waals surface area contributed by atoms with Crippen LogP contribution >= 0.6 is 50.5 Å². The van der Waals surface area contributed by atoms with Gasteiger partial charge in [-0.3, -0.25) is 0 Å². The first-order valence-electron chi connectivity index (χ1n) is 9.30. The molecule has 0 fully saturated rings. The molecule has 0 aromatic rings. The van der Waals surface area contributed by atoms with Crippen LogP contribution in [0.3, 0.4) is 0 Å². The quantitative estimate of drug-likeness (QED) is 0.152. The summed E-state index contributed by atoms with van der Waals surface area (Å²) in [5, 5.41) is 0.954. The molecule has 2 atom stereocenters. The topological polar surface area (TPSA) is 0 Å². The molecule has 0 spiro atoms. The summed E-state index contributed by atoms with van der Waals surface area (Å²) in [4.78, 5) is 0. The molecule has 0 aliphatic rings. The molecule has 0 rings (SSSR count). The Morgan fingerprint density at radius 3 is 1.00 bits per heavy atom. The molecular formula is C18H38S4. The van der Waals surface area contributed by atoms with E-state index in [0.29, 0.717) is 10.5 Å². The van der Waals surface area contributed by atoms with Crippen LogP contribution in [-0.2, 0) is 0 Å². The van der Waals surface area contributed by atoms with Gasteiger partial charge in [-0.1, -0.05) is 64.2 Å². The first kappa shape index (κ1) is 23.4. The smallest absolute Gasteiger partial charge is 0.0133 e. The molecule has 0 saturated carbocycles. The van der Waals surface area contributed by atoms with E-state index in [1.807, 2.05) is 0 Å². The summed E-state index contributed by atoms with van der Waals surface area (Å²) in [7, 11) is 0. The van der Waals surface area contributed by atoms with Gasteiger partial charge in [0.1, 0.15) is 0 Å². The molecule has 0 aliphatic heterocycles. The maximum absolute atomic E-state index is 4.76. The highest BCUT2D eigenvalue weighted by Gasteiger charge is 2.13. The zero-order valence-corrected chi connectivity index (χ0v) is 17.8. The van der Waals surface area contributed by atoms with Gasteiger partial charge in [-0.2, -0.15) is 50.5 Å². The fourth-order valence-electron chi connectivity index (χ4n) is 2.73. The molecule has 0 nitrogen and oxygen atoms in total. The highest BCUT2D eigenvalue weighted by Crippen LogP contribution is 2.22. The predicted molar refractivity (Wildman–Crippen MR) is 118 cm³/mol. The van der Waals surface area contributed by atoms with Gasteiger partial charge in [0.2, 0.25) is 0 Å². The van der Waals surface area contributed by atoms with Crippen LogP contribution in [0.4, 0.5) is 0 Å². The zero-order valence-electron chi connectivity index (χ0n) is 14.3. The van der Waals surface area contributed by atoms with Crippen LogP contribution in [0, 0.1) is 0 Å². The minimum Gasteiger partial charge on any atom is -0.179 e. The molecule has 0 radical (unpaired) electrons. The summed E-state index contributed by atoms with van der Waals surface area (Å²) in [6.45, 7) is 0. The van der Waals surface area contributed by atoms with Crippen molar-refractivity contribution in [3.8, 4) is 0 Å². The van der Waals surface area contributed by atoms with Crippen molar-refractivity contribution in [1.82, 2.24) is 0 Å². The van der Waals surface area contributed by atoms with Crippen molar-refractivity contribution in [2.75, 3.05) is 11.5 Å². The molecule has 134 valence electrons. The van der Waals surface area contributed by atoms with Gasteiger partial charge in [-0.05, 0) is 37.2 Å². The van der Waals surface area contributed by atoms with E-state index in [0.717, 1.165) is 11.5 Å². The molecule has 0 aromatic carbocycles. The summed E-state index contributed by atoms with van der Waals surface area (Å²) >= 11 is 18.0. The standard InChI is InChI=1S/C18H38S4/c19-15-11-7-3-1-5-9-13-17(21)18(22)14-10-6-2-4-8-12-16-20/h17-22H,1-16H2/t17-,18+. The first-order valence-corrected chi connectivity index (χ1v) is 11.6. The fraction of sp³-hybridized carbons (Fsp3) is 1.00. The van der Waals surface area contributed by atoms with Gasteiger partial charge in [0.15, 0.2) is 0 Å². The van der Waals surface area contributed by atoms with Crippen LogP contribution in [0.25, 0.3) is 0 Å². The van der Waals surface area contributed by atoms with Crippen molar-refractivity contribution in [3.05, 3.63) is 0 Å². The molecule has 4 heteroatoms. The third-order valence-corrected chi connectivity index (χ3v) is 6.36. The van der Waals surface area contributed by atoms with Crippen LogP contribution in [0.5, 0.6) is 0 Å². The van der Waals surface area contributed by atoms with Crippen LogP contribution in [-0.4, -0.2) is 22.0 Å². The van der Waals surface area contributed by atoms with Crippen molar-refractivity contribution in [3.63, 3.8) is 0 Å². The third-order valence-electron chi connectivity index (χ3n) is 4.26. The second-order valence-electron chi connectivity index (χ2n) is 6.40. The summed E-state index contributed by atoms with van der Waals surface area (Å²) in [6, 6.07) is 0. The molecule has 0 heterocycles. The molecular weight excluding hydrogens is 344 g/mol. The maximum atomic E-state index is 4.76. The van der Waals surface area contributed by atoms with Crippen LogP contribution < -0.4 is 0 Å². The summed E-state index contributed by atoms with van der Waals surface area (Å²) in [5.74, 6) is 2.07. The Bertz CT molecular complexity index is 189. The van der Waals surface area contributed by atoms with E-state index in [1.165, 1.54) is 89.9 Å². The molecule has 0 aromatic heterocycles. The fourth-order valence-corrected chi connectivity index (χ4v) is 3.84. The Kier molecular flexibility index (Phi) is 19.9. The van der Waals surface area contributed by atoms with E-state index in [4.69, 9.17) is 25.3 Å². The number of hydrogen-bond acceptors (Lipinski definition) is 4. The van der Waals surface area contributed by atoms with Crippen molar-refractivity contribution >= 4 is 50.5 Å². The highest BCUT2D eigenvalue weighted by molar-refractivity contribution is 7.85. The average Bonchev–Trinajstić information content (AvgIpc) is 2.52. The van der Waals surface area contributed by atoms with E-state index in [-0.39, 0.29) is 0 Å². The SMILES string of the molecule is SCCCCCCCC[C@@H](S)[C@@H](S)CCCCCCCCS. The summed E-state index contributed by atoms with van der Waals surface area (Å²) < 4.78 is 0. The number of unbranched alkanes of at least 4 members (excludes halogenated alkanes) is 10. The Morgan fingerprint density at radius 1 is 0.409 bits per heavy atom. The maximum Gasteiger partial charge on any atom is 0.0133 e. The van der Waals surface area contributed by atoms with Crippen molar-refractivity contribution in [2.45, 2.75) is 100 Å². The Balaban J connectivity index is 3.33. The van der Waals surface area contributed by atoms with Gasteiger partial charge < -0.3 is 0 Å². The van der Waals surface area contributed by atoms with Crippen LogP contribution in [0.15, 0.2) is 0 Å². The number of hydrogen-bond donors (Lipinski definition) is 4. The number of thiol groups is 4. The zero-order chi connectivity index (χ0) is 16.5. The molecule has 0 unspecified atom stereocenters. The average molecular weight is 383 g/mol. The van der Waals surface area contributed by atoms with Crippen molar-refractivity contribution in [2.24, 2.45) is 0 Å². The van der Waals surface area contributed by atoms with Gasteiger partial charge >= 0.3 is 0 Å². The molecule has 0 amide bonds. The molecule has 0 aliphatic carbocycles. The second kappa shape index (κ2) is 18.7. The normalized spacial score (nSPS) is 14.2. The predicted octanol–water partition coefficient (Wildman–Crippen LogP) is 6.90. The third kappa shape index (κ3) is 16.3. The monoisotopic (exact) mass is 382 g/mol.